The average molecular weight is 251 g/mol. The van der Waals surface area contributed by atoms with Crippen LogP contribution >= 0.6 is 11.8 Å². The number of aromatic amines is 1. The van der Waals surface area contributed by atoms with Crippen LogP contribution in [-0.4, -0.2) is 25.5 Å². The van der Waals surface area contributed by atoms with Gasteiger partial charge in [-0.3, -0.25) is 5.10 Å². The van der Waals surface area contributed by atoms with E-state index in [2.05, 4.69) is 15.2 Å². The van der Waals surface area contributed by atoms with Crippen LogP contribution in [0.3, 0.4) is 0 Å². The minimum atomic E-state index is -0.663. The fourth-order valence-corrected chi connectivity index (χ4v) is 3.25. The second kappa shape index (κ2) is 4.12. The van der Waals surface area contributed by atoms with Crippen LogP contribution in [0.1, 0.15) is 17.5 Å². The molecule has 3 rings (SSSR count). The zero-order valence-corrected chi connectivity index (χ0v) is 9.62. The maximum atomic E-state index is 13.1. The van der Waals surface area contributed by atoms with Gasteiger partial charge in [0.15, 0.2) is 5.82 Å². The predicted octanol–water partition coefficient (Wildman–Crippen LogP) is 1.69. The van der Waals surface area contributed by atoms with E-state index in [1.54, 1.807) is 17.8 Å². The van der Waals surface area contributed by atoms with Crippen LogP contribution < -0.4 is 0 Å². The molecule has 88 valence electrons. The number of halogens is 1. The number of nitrogens with zero attached hydrogens (tertiary/aromatic N) is 2. The van der Waals surface area contributed by atoms with Crippen LogP contribution in [0.15, 0.2) is 29.4 Å². The molecule has 17 heavy (non-hydrogen) atoms. The van der Waals surface area contributed by atoms with Crippen molar-refractivity contribution in [2.24, 2.45) is 0 Å². The third-order valence-corrected chi connectivity index (χ3v) is 4.12. The van der Waals surface area contributed by atoms with Crippen molar-refractivity contribution in [3.8, 4) is 0 Å². The molecule has 1 aliphatic heterocycles. The molecule has 6 heteroatoms. The molecule has 1 aromatic carbocycles. The van der Waals surface area contributed by atoms with Gasteiger partial charge in [-0.05, 0) is 23.8 Å². The lowest BCUT2D eigenvalue weighted by molar-refractivity contribution is 0.175. The third-order valence-electron chi connectivity index (χ3n) is 2.77. The molecule has 0 saturated carbocycles. The van der Waals surface area contributed by atoms with E-state index in [4.69, 9.17) is 0 Å². The Kier molecular flexibility index (Phi) is 2.60. The molecule has 0 fully saturated rings. The summed E-state index contributed by atoms with van der Waals surface area (Å²) in [5.41, 5.74) is 0.663. The lowest BCUT2D eigenvalue weighted by Crippen LogP contribution is -2.13. The Morgan fingerprint density at radius 2 is 2.35 bits per heavy atom. The van der Waals surface area contributed by atoms with Crippen molar-refractivity contribution in [2.75, 3.05) is 0 Å². The maximum absolute atomic E-state index is 13.1. The minimum absolute atomic E-state index is 0.0531. The SMILES string of the molecule is O[C@@H]1c2cc(F)ccc2S[C@@H]1Cc1nc[nH]n1. The molecule has 2 heterocycles. The lowest BCUT2D eigenvalue weighted by Gasteiger charge is -2.11. The summed E-state index contributed by atoms with van der Waals surface area (Å²) in [5, 5.41) is 16.7. The normalized spacial score (nSPS) is 22.7. The highest BCUT2D eigenvalue weighted by Crippen LogP contribution is 2.45. The summed E-state index contributed by atoms with van der Waals surface area (Å²) in [5.74, 6) is 0.344. The molecule has 0 saturated heterocycles. The van der Waals surface area contributed by atoms with E-state index in [-0.39, 0.29) is 11.1 Å². The molecule has 2 aromatic rings. The number of benzene rings is 1. The van der Waals surface area contributed by atoms with Crippen LogP contribution in [-0.2, 0) is 6.42 Å². The topological polar surface area (TPSA) is 61.8 Å². The van der Waals surface area contributed by atoms with Gasteiger partial charge >= 0.3 is 0 Å². The number of hydrogen-bond donors (Lipinski definition) is 2. The number of H-pyrrole nitrogens is 1. The first-order valence-electron chi connectivity index (χ1n) is 5.23. The van der Waals surface area contributed by atoms with Gasteiger partial charge in [0.05, 0.1) is 6.10 Å². The number of rotatable bonds is 2. The van der Waals surface area contributed by atoms with Crippen molar-refractivity contribution in [1.29, 1.82) is 0 Å². The standard InChI is InChI=1S/C11H10FN3OS/c12-6-1-2-8-7(3-6)11(16)9(17-8)4-10-13-5-14-15-10/h1-3,5,9,11,16H,4H2,(H,13,14,15)/t9-,11-/m1/s1. The summed E-state index contributed by atoms with van der Waals surface area (Å²) in [6.07, 6.45) is 1.41. The minimum Gasteiger partial charge on any atom is -0.387 e. The summed E-state index contributed by atoms with van der Waals surface area (Å²) in [6.45, 7) is 0. The highest BCUT2D eigenvalue weighted by atomic mass is 32.2. The number of fused-ring (bicyclic) bond motifs is 1. The van der Waals surface area contributed by atoms with E-state index in [0.29, 0.717) is 17.8 Å². The Balaban J connectivity index is 1.84. The largest absolute Gasteiger partial charge is 0.387 e. The molecule has 0 unspecified atom stereocenters. The third kappa shape index (κ3) is 1.94. The first-order valence-corrected chi connectivity index (χ1v) is 6.11. The van der Waals surface area contributed by atoms with E-state index in [9.17, 15) is 9.50 Å². The summed E-state index contributed by atoms with van der Waals surface area (Å²) < 4.78 is 13.1. The Morgan fingerprint density at radius 1 is 1.47 bits per heavy atom. The summed E-state index contributed by atoms with van der Waals surface area (Å²) in [7, 11) is 0. The molecular weight excluding hydrogens is 241 g/mol. The maximum Gasteiger partial charge on any atom is 0.151 e. The molecule has 4 nitrogen and oxygen atoms in total. The molecular formula is C11H10FN3OS. The second-order valence-electron chi connectivity index (χ2n) is 3.90. The quantitative estimate of drug-likeness (QED) is 0.852. The first kappa shape index (κ1) is 10.7. The van der Waals surface area contributed by atoms with Crippen LogP contribution in [0.5, 0.6) is 0 Å². The summed E-state index contributed by atoms with van der Waals surface area (Å²) in [4.78, 5) is 4.96. The predicted molar refractivity (Wildman–Crippen MR) is 61.1 cm³/mol. The van der Waals surface area contributed by atoms with Gasteiger partial charge in [-0.15, -0.1) is 11.8 Å². The molecule has 2 N–H and O–H groups in total. The van der Waals surface area contributed by atoms with Gasteiger partial charge in [-0.2, -0.15) is 5.10 Å². The zero-order chi connectivity index (χ0) is 11.8. The molecule has 0 bridgehead atoms. The molecule has 0 spiro atoms. The van der Waals surface area contributed by atoms with Crippen LogP contribution in [0.25, 0.3) is 0 Å². The van der Waals surface area contributed by atoms with E-state index >= 15 is 0 Å². The van der Waals surface area contributed by atoms with Crippen molar-refractivity contribution in [3.05, 3.63) is 41.7 Å². The number of aromatic nitrogens is 3. The van der Waals surface area contributed by atoms with Crippen molar-refractivity contribution in [1.82, 2.24) is 15.2 Å². The average Bonchev–Trinajstić information content (AvgIpc) is 2.91. The molecule has 0 amide bonds. The summed E-state index contributed by atoms with van der Waals surface area (Å²) >= 11 is 1.54. The van der Waals surface area contributed by atoms with E-state index < -0.39 is 6.10 Å². The van der Waals surface area contributed by atoms with Gasteiger partial charge in [-0.25, -0.2) is 9.37 Å². The van der Waals surface area contributed by atoms with Crippen molar-refractivity contribution in [2.45, 2.75) is 22.7 Å². The van der Waals surface area contributed by atoms with Crippen molar-refractivity contribution >= 4 is 11.8 Å². The highest BCUT2D eigenvalue weighted by Gasteiger charge is 2.32. The van der Waals surface area contributed by atoms with Crippen LogP contribution in [0.2, 0.25) is 0 Å². The monoisotopic (exact) mass is 251 g/mol. The van der Waals surface area contributed by atoms with Gasteiger partial charge < -0.3 is 5.11 Å². The molecule has 0 aliphatic carbocycles. The van der Waals surface area contributed by atoms with Crippen molar-refractivity contribution in [3.63, 3.8) is 0 Å². The lowest BCUT2D eigenvalue weighted by atomic mass is 10.0. The molecule has 0 radical (unpaired) electrons. The Morgan fingerprint density at radius 3 is 3.12 bits per heavy atom. The highest BCUT2D eigenvalue weighted by molar-refractivity contribution is 8.00. The summed E-state index contributed by atoms with van der Waals surface area (Å²) in [6, 6.07) is 4.51. The Hall–Kier alpha value is -1.40. The van der Waals surface area contributed by atoms with Crippen molar-refractivity contribution < 1.29 is 9.50 Å². The second-order valence-corrected chi connectivity index (χ2v) is 5.18. The first-order chi connectivity index (χ1) is 8.24. The van der Waals surface area contributed by atoms with Gasteiger partial charge in [0, 0.05) is 16.6 Å². The Bertz CT molecular complexity index is 532. The molecule has 1 aromatic heterocycles. The Labute approximate surface area is 101 Å². The number of hydrogen-bond acceptors (Lipinski definition) is 4. The van der Waals surface area contributed by atoms with Crippen LogP contribution in [0, 0.1) is 5.82 Å². The zero-order valence-electron chi connectivity index (χ0n) is 8.80. The van der Waals surface area contributed by atoms with E-state index in [1.807, 2.05) is 0 Å². The smallest absolute Gasteiger partial charge is 0.151 e. The molecule has 2 atom stereocenters. The number of nitrogens with one attached hydrogen (secondary N) is 1. The van der Waals surface area contributed by atoms with Crippen LogP contribution in [0.4, 0.5) is 4.39 Å². The fraction of sp³-hybridized carbons (Fsp3) is 0.273. The van der Waals surface area contributed by atoms with E-state index in [0.717, 1.165) is 4.90 Å². The number of thioether (sulfide) groups is 1. The van der Waals surface area contributed by atoms with Gasteiger partial charge in [-0.1, -0.05) is 0 Å². The molecule has 1 aliphatic rings. The van der Waals surface area contributed by atoms with Gasteiger partial charge in [0.2, 0.25) is 0 Å². The number of aliphatic hydroxyl groups excluding tert-OH is 1. The number of aliphatic hydroxyl groups is 1. The fourth-order valence-electron chi connectivity index (χ4n) is 1.95. The van der Waals surface area contributed by atoms with E-state index in [1.165, 1.54) is 18.5 Å². The van der Waals surface area contributed by atoms with Gasteiger partial charge in [0.25, 0.3) is 0 Å². The van der Waals surface area contributed by atoms with Gasteiger partial charge in [0.1, 0.15) is 12.1 Å².